The summed E-state index contributed by atoms with van der Waals surface area (Å²) in [7, 11) is 0. The predicted molar refractivity (Wildman–Crippen MR) is 159 cm³/mol. The molecule has 0 nitrogen and oxygen atoms in total. The van der Waals surface area contributed by atoms with Crippen molar-refractivity contribution in [2.75, 3.05) is 0 Å². The Morgan fingerprint density at radius 2 is 1.30 bits per heavy atom. The van der Waals surface area contributed by atoms with Crippen LogP contribution in [0.4, 0.5) is 0 Å². The van der Waals surface area contributed by atoms with Crippen LogP contribution in [0.25, 0.3) is 21.9 Å². The summed E-state index contributed by atoms with van der Waals surface area (Å²) in [5, 5.41) is 2.94. The van der Waals surface area contributed by atoms with E-state index in [0.29, 0.717) is 0 Å². The van der Waals surface area contributed by atoms with E-state index < -0.39 is 21.3 Å². The number of rotatable bonds is 6. The van der Waals surface area contributed by atoms with Crippen LogP contribution in [0.3, 0.4) is 0 Å². The Kier molecular flexibility index (Phi) is 9.17. The van der Waals surface area contributed by atoms with Crippen LogP contribution in [0.15, 0.2) is 137 Å². The molecule has 2 aliphatic carbocycles. The number of halogens is 2. The summed E-state index contributed by atoms with van der Waals surface area (Å²) in [6.45, 7) is 0. The quantitative estimate of drug-likeness (QED) is 0.263. The minimum absolute atomic E-state index is 0. The Hall–Kier alpha value is -2.83. The van der Waals surface area contributed by atoms with Crippen LogP contribution >= 0.6 is 0 Å². The van der Waals surface area contributed by atoms with Gasteiger partial charge in [-0.1, -0.05) is 0 Å². The summed E-state index contributed by atoms with van der Waals surface area (Å²) in [6, 6.07) is 43.2. The number of benzene rings is 5. The standard InChI is InChI=1S/C17H11.C15H14.C5H5.2ClH.Zr/c1-3-7-14-12(5-1)9-10-16-15-8-4-2-6-13(15)11-17(14)16;1-3-8-14(9-4-1)12-7-13-15-10-5-2-6-11-15;1-2-4-5-3-1;;;/h1-6,8-10H,11H2;1-6,8-11H,12-13H2;1-3H,4H2;2*1H;/q;;;;;+2/p-2. The minimum atomic E-state index is -2.47. The van der Waals surface area contributed by atoms with Gasteiger partial charge in [0, 0.05) is 0 Å². The van der Waals surface area contributed by atoms with Gasteiger partial charge < -0.3 is 24.8 Å². The normalized spacial score (nSPS) is 12.4. The second-order valence-corrected chi connectivity index (χ2v) is 16.9. The average molecular weight is 637 g/mol. The topological polar surface area (TPSA) is 0 Å². The molecule has 0 N–H and O–H groups in total. The van der Waals surface area contributed by atoms with Crippen LogP contribution in [0.2, 0.25) is 0 Å². The van der Waals surface area contributed by atoms with E-state index in [1.165, 1.54) is 33.2 Å². The molecule has 0 aromatic heterocycles. The van der Waals surface area contributed by atoms with Crippen molar-refractivity contribution in [2.24, 2.45) is 0 Å². The molecule has 40 heavy (non-hydrogen) atoms. The first kappa shape index (κ1) is 28.7. The summed E-state index contributed by atoms with van der Waals surface area (Å²) in [5.41, 5.74) is 8.73. The molecule has 0 aliphatic heterocycles. The van der Waals surface area contributed by atoms with Gasteiger partial charge in [-0.3, -0.25) is 0 Å². The van der Waals surface area contributed by atoms with E-state index in [1.54, 1.807) is 20.7 Å². The van der Waals surface area contributed by atoms with E-state index in [0.717, 1.165) is 25.7 Å². The maximum Gasteiger partial charge on any atom is -1.00 e. The Balaban J connectivity index is 0.00000161. The summed E-state index contributed by atoms with van der Waals surface area (Å²) in [5.74, 6) is 0. The molecular weight excluding hydrogens is 607 g/mol. The molecule has 0 saturated heterocycles. The minimum Gasteiger partial charge on any atom is -1.00 e. The molecule has 0 saturated carbocycles. The molecule has 3 heteroatoms. The number of hydrogen-bond donors (Lipinski definition) is 0. The monoisotopic (exact) mass is 634 g/mol. The van der Waals surface area contributed by atoms with Crippen molar-refractivity contribution >= 4 is 17.2 Å². The predicted octanol–water partition coefficient (Wildman–Crippen LogP) is 2.16. The van der Waals surface area contributed by atoms with Crippen LogP contribution in [0, 0.1) is 0 Å². The molecule has 5 aromatic carbocycles. The molecule has 0 unspecified atom stereocenters. The summed E-state index contributed by atoms with van der Waals surface area (Å²) < 4.78 is 5.13. The molecule has 0 atom stereocenters. The third kappa shape index (κ3) is 5.53. The van der Waals surface area contributed by atoms with Crippen LogP contribution in [0.1, 0.15) is 28.7 Å². The van der Waals surface area contributed by atoms with E-state index in [-0.39, 0.29) is 24.8 Å². The van der Waals surface area contributed by atoms with Crippen molar-refractivity contribution in [2.45, 2.75) is 25.7 Å². The molecule has 2 aliphatic rings. The van der Waals surface area contributed by atoms with Gasteiger partial charge in [0.1, 0.15) is 0 Å². The Morgan fingerprint density at radius 3 is 1.98 bits per heavy atom. The fraction of sp³-hybridized carbons (Fsp3) is 0.108. The van der Waals surface area contributed by atoms with Crippen molar-refractivity contribution in [3.05, 3.63) is 159 Å². The van der Waals surface area contributed by atoms with E-state index in [4.69, 9.17) is 0 Å². The molecule has 0 radical (unpaired) electrons. The van der Waals surface area contributed by atoms with Gasteiger partial charge in [0.2, 0.25) is 0 Å². The Morgan fingerprint density at radius 1 is 0.625 bits per heavy atom. The van der Waals surface area contributed by atoms with Gasteiger partial charge in [0.15, 0.2) is 0 Å². The van der Waals surface area contributed by atoms with Gasteiger partial charge in [-0.05, 0) is 0 Å². The summed E-state index contributed by atoms with van der Waals surface area (Å²) in [4.78, 5) is 0. The maximum absolute atomic E-state index is 2.50. The van der Waals surface area contributed by atoms with Gasteiger partial charge in [0.25, 0.3) is 0 Å². The van der Waals surface area contributed by atoms with E-state index in [1.807, 2.05) is 0 Å². The molecule has 5 aromatic rings. The fourth-order valence-electron chi connectivity index (χ4n) is 6.37. The van der Waals surface area contributed by atoms with Gasteiger partial charge in [-0.25, -0.2) is 0 Å². The zero-order chi connectivity index (χ0) is 25.3. The third-order valence-corrected chi connectivity index (χ3v) is 15.5. The SMILES string of the molecule is C1=CC[C]([Zr+2](=[C](Cc2ccccc2)Cc2ccccc2)[c]2cccc3ccc4c(c23)Cc2ccccc2-4)=C1.[Cl-].[Cl-]. The smallest absolute Gasteiger partial charge is 1.00 e. The Labute approximate surface area is 257 Å². The summed E-state index contributed by atoms with van der Waals surface area (Å²) in [6.07, 6.45) is 11.4. The average Bonchev–Trinajstić information content (AvgIpc) is 3.63. The first-order valence-electron chi connectivity index (χ1n) is 13.6. The molecule has 0 spiro atoms. The number of fused-ring (bicyclic) bond motifs is 5. The van der Waals surface area contributed by atoms with Crippen molar-refractivity contribution < 1.29 is 46.1 Å². The van der Waals surface area contributed by atoms with Gasteiger partial charge in [-0.2, -0.15) is 0 Å². The molecule has 0 bridgehead atoms. The third-order valence-electron chi connectivity index (χ3n) is 8.06. The van der Waals surface area contributed by atoms with Crippen LogP contribution in [-0.4, -0.2) is 3.21 Å². The van der Waals surface area contributed by atoms with Crippen molar-refractivity contribution in [3.8, 4) is 11.1 Å². The maximum atomic E-state index is 2.50. The van der Waals surface area contributed by atoms with Crippen LogP contribution in [0.5, 0.6) is 0 Å². The van der Waals surface area contributed by atoms with Gasteiger partial charge in [-0.15, -0.1) is 0 Å². The Bertz CT molecular complexity index is 1700. The number of hydrogen-bond acceptors (Lipinski definition) is 0. The first-order valence-corrected chi connectivity index (χ1v) is 17.3. The fourth-order valence-corrected chi connectivity index (χ4v) is 14.6. The van der Waals surface area contributed by atoms with Gasteiger partial charge in [0.05, 0.1) is 0 Å². The number of allylic oxidation sites excluding steroid dienone is 4. The molecule has 0 heterocycles. The van der Waals surface area contributed by atoms with E-state index in [2.05, 4.69) is 133 Å². The summed E-state index contributed by atoms with van der Waals surface area (Å²) >= 11 is -2.47. The van der Waals surface area contributed by atoms with Crippen molar-refractivity contribution in [3.63, 3.8) is 0 Å². The molecule has 196 valence electrons. The van der Waals surface area contributed by atoms with Crippen LogP contribution in [-0.2, 0) is 40.5 Å². The second-order valence-electron chi connectivity index (χ2n) is 10.5. The molecule has 0 fully saturated rings. The van der Waals surface area contributed by atoms with E-state index >= 15 is 0 Å². The molecule has 7 rings (SSSR count). The zero-order valence-electron chi connectivity index (χ0n) is 22.3. The van der Waals surface area contributed by atoms with Crippen molar-refractivity contribution in [1.82, 2.24) is 0 Å². The van der Waals surface area contributed by atoms with Crippen LogP contribution < -0.4 is 28.1 Å². The van der Waals surface area contributed by atoms with E-state index in [9.17, 15) is 0 Å². The zero-order valence-corrected chi connectivity index (χ0v) is 26.3. The molecule has 0 amide bonds. The van der Waals surface area contributed by atoms with Crippen molar-refractivity contribution in [1.29, 1.82) is 0 Å². The first-order chi connectivity index (χ1) is 18.8. The second kappa shape index (κ2) is 12.8. The molecular formula is C37H30Cl2Zr. The largest absolute Gasteiger partial charge is 1.00 e. The van der Waals surface area contributed by atoms with Gasteiger partial charge >= 0.3 is 234 Å².